The van der Waals surface area contributed by atoms with Crippen LogP contribution in [0.15, 0.2) is 78.8 Å². The molecule has 1 N–H and O–H groups in total. The maximum absolute atomic E-state index is 13.5. The molecule has 1 aromatic heterocycles. The molecule has 4 rings (SSSR count). The van der Waals surface area contributed by atoms with E-state index in [4.69, 9.17) is 9.47 Å². The van der Waals surface area contributed by atoms with Crippen molar-refractivity contribution in [3.8, 4) is 11.5 Å². The second-order valence-corrected chi connectivity index (χ2v) is 7.77. The van der Waals surface area contributed by atoms with Crippen molar-refractivity contribution < 1.29 is 19.1 Å². The third-order valence-corrected chi connectivity index (χ3v) is 5.26. The number of nitrogens with zero attached hydrogens (tertiary/aromatic N) is 2. The number of amides is 2. The normalized spacial score (nSPS) is 13.4. The van der Waals surface area contributed by atoms with Gasteiger partial charge in [0.1, 0.15) is 17.2 Å². The fourth-order valence-corrected chi connectivity index (χ4v) is 3.69. The van der Waals surface area contributed by atoms with Gasteiger partial charge in [-0.1, -0.05) is 31.2 Å². The summed E-state index contributed by atoms with van der Waals surface area (Å²) in [6.07, 6.45) is 4.19. The van der Waals surface area contributed by atoms with Gasteiger partial charge >= 0.3 is 0 Å². The highest BCUT2D eigenvalue weighted by Crippen LogP contribution is 2.33. The molecule has 1 aliphatic rings. The molecule has 0 saturated heterocycles. The van der Waals surface area contributed by atoms with Crippen molar-refractivity contribution >= 4 is 23.1 Å². The van der Waals surface area contributed by atoms with Gasteiger partial charge in [-0.15, -0.1) is 0 Å². The quantitative estimate of drug-likeness (QED) is 0.446. The van der Waals surface area contributed by atoms with Gasteiger partial charge in [0.15, 0.2) is 0 Å². The molecule has 174 valence electrons. The molecule has 0 radical (unpaired) electrons. The lowest BCUT2D eigenvalue weighted by Crippen LogP contribution is -2.32. The van der Waals surface area contributed by atoms with E-state index < -0.39 is 5.91 Å². The Morgan fingerprint density at radius 1 is 0.912 bits per heavy atom. The van der Waals surface area contributed by atoms with Crippen LogP contribution in [0.1, 0.15) is 31.4 Å². The molecule has 0 fully saturated rings. The van der Waals surface area contributed by atoms with Gasteiger partial charge in [0.25, 0.3) is 11.8 Å². The zero-order valence-corrected chi connectivity index (χ0v) is 19.3. The highest BCUT2D eigenvalue weighted by molar-refractivity contribution is 6.36. The Kier molecular flexibility index (Phi) is 7.22. The van der Waals surface area contributed by atoms with Crippen LogP contribution in [0.25, 0.3) is 5.57 Å². The molecular formula is C27H27N3O4. The highest BCUT2D eigenvalue weighted by Gasteiger charge is 2.39. The first-order valence-electron chi connectivity index (χ1n) is 11.3. The van der Waals surface area contributed by atoms with Crippen molar-refractivity contribution in [3.63, 3.8) is 0 Å². The molecule has 0 bridgehead atoms. The summed E-state index contributed by atoms with van der Waals surface area (Å²) in [5, 5.41) is 3.18. The van der Waals surface area contributed by atoms with E-state index in [9.17, 15) is 9.59 Å². The summed E-state index contributed by atoms with van der Waals surface area (Å²) in [5.74, 6) is 0.640. The van der Waals surface area contributed by atoms with Gasteiger partial charge in [0.05, 0.1) is 25.3 Å². The van der Waals surface area contributed by atoms with Crippen molar-refractivity contribution in [1.29, 1.82) is 0 Å². The standard InChI is InChI=1S/C27H27N3O4/c1-3-15-34-23-9-5-8-21(16-23)29-25-24(20-10-12-22(13-11-20)33-4-2)26(31)30(27(25)32)18-19-7-6-14-28-17-19/h5-14,16-17,29H,3-4,15,18H2,1-2H3. The van der Waals surface area contributed by atoms with Crippen molar-refractivity contribution in [3.05, 3.63) is 89.9 Å². The van der Waals surface area contributed by atoms with Crippen LogP contribution in [-0.4, -0.2) is 34.9 Å². The van der Waals surface area contributed by atoms with Crippen LogP contribution in [0.4, 0.5) is 5.69 Å². The van der Waals surface area contributed by atoms with Gasteiger partial charge in [-0.25, -0.2) is 0 Å². The van der Waals surface area contributed by atoms with E-state index in [2.05, 4.69) is 10.3 Å². The minimum Gasteiger partial charge on any atom is -0.494 e. The van der Waals surface area contributed by atoms with Crippen molar-refractivity contribution in [2.45, 2.75) is 26.8 Å². The first-order chi connectivity index (χ1) is 16.6. The minimum absolute atomic E-state index is 0.136. The topological polar surface area (TPSA) is 80.8 Å². The molecule has 0 atom stereocenters. The van der Waals surface area contributed by atoms with E-state index in [-0.39, 0.29) is 18.1 Å². The van der Waals surface area contributed by atoms with Gasteiger partial charge in [-0.3, -0.25) is 19.5 Å². The van der Waals surface area contributed by atoms with Crippen LogP contribution in [0.3, 0.4) is 0 Å². The number of anilines is 1. The fourth-order valence-electron chi connectivity index (χ4n) is 3.69. The second-order valence-electron chi connectivity index (χ2n) is 7.77. The molecule has 2 heterocycles. The molecule has 1 aliphatic heterocycles. The SMILES string of the molecule is CCCOc1cccc(NC2=C(c3ccc(OCC)cc3)C(=O)N(Cc3cccnc3)C2=O)c1. The Hall–Kier alpha value is -4.13. The van der Waals surface area contributed by atoms with Crippen LogP contribution >= 0.6 is 0 Å². The lowest BCUT2D eigenvalue weighted by atomic mass is 10.0. The summed E-state index contributed by atoms with van der Waals surface area (Å²) in [5.41, 5.74) is 2.61. The maximum atomic E-state index is 13.5. The number of nitrogens with one attached hydrogen (secondary N) is 1. The number of benzene rings is 2. The smallest absolute Gasteiger partial charge is 0.278 e. The van der Waals surface area contributed by atoms with E-state index in [0.29, 0.717) is 41.5 Å². The largest absolute Gasteiger partial charge is 0.494 e. The van der Waals surface area contributed by atoms with E-state index >= 15 is 0 Å². The number of hydrogen-bond acceptors (Lipinski definition) is 6. The number of rotatable bonds is 10. The zero-order valence-electron chi connectivity index (χ0n) is 19.3. The summed E-state index contributed by atoms with van der Waals surface area (Å²) in [6.45, 7) is 5.22. The van der Waals surface area contributed by atoms with E-state index in [1.165, 1.54) is 4.90 Å². The van der Waals surface area contributed by atoms with Crippen LogP contribution in [-0.2, 0) is 16.1 Å². The third-order valence-electron chi connectivity index (χ3n) is 5.26. The summed E-state index contributed by atoms with van der Waals surface area (Å²) in [6, 6.07) is 18.2. The summed E-state index contributed by atoms with van der Waals surface area (Å²) in [7, 11) is 0. The Morgan fingerprint density at radius 3 is 2.44 bits per heavy atom. The van der Waals surface area contributed by atoms with Gasteiger partial charge in [-0.2, -0.15) is 0 Å². The number of carbonyl (C=O) groups excluding carboxylic acids is 2. The molecule has 0 spiro atoms. The number of imide groups is 1. The van der Waals surface area contributed by atoms with Crippen LogP contribution in [0, 0.1) is 0 Å². The predicted molar refractivity (Wildman–Crippen MR) is 130 cm³/mol. The lowest BCUT2D eigenvalue weighted by molar-refractivity contribution is -0.137. The number of pyridine rings is 1. The molecule has 7 heteroatoms. The molecule has 0 aliphatic carbocycles. The minimum atomic E-state index is -0.391. The Morgan fingerprint density at radius 2 is 1.74 bits per heavy atom. The number of hydrogen-bond donors (Lipinski definition) is 1. The average molecular weight is 458 g/mol. The molecule has 3 aromatic rings. The monoisotopic (exact) mass is 457 g/mol. The Labute approximate surface area is 199 Å². The number of carbonyl (C=O) groups is 2. The zero-order chi connectivity index (χ0) is 23.9. The predicted octanol–water partition coefficient (Wildman–Crippen LogP) is 4.66. The lowest BCUT2D eigenvalue weighted by Gasteiger charge is -2.15. The van der Waals surface area contributed by atoms with Gasteiger partial charge in [-0.05, 0) is 54.8 Å². The van der Waals surface area contributed by atoms with E-state index in [1.807, 2.05) is 44.2 Å². The second kappa shape index (κ2) is 10.7. The Bertz CT molecular complexity index is 1190. The van der Waals surface area contributed by atoms with Gasteiger partial charge < -0.3 is 14.8 Å². The van der Waals surface area contributed by atoms with Crippen LogP contribution < -0.4 is 14.8 Å². The highest BCUT2D eigenvalue weighted by atomic mass is 16.5. The molecule has 2 aromatic carbocycles. The van der Waals surface area contributed by atoms with Crippen molar-refractivity contribution in [2.24, 2.45) is 0 Å². The fraction of sp³-hybridized carbons (Fsp3) is 0.222. The van der Waals surface area contributed by atoms with E-state index in [1.54, 1.807) is 42.7 Å². The van der Waals surface area contributed by atoms with Crippen molar-refractivity contribution in [2.75, 3.05) is 18.5 Å². The summed E-state index contributed by atoms with van der Waals surface area (Å²) in [4.78, 5) is 32.2. The molecule has 0 unspecified atom stereocenters. The maximum Gasteiger partial charge on any atom is 0.278 e. The molecule has 0 saturated carbocycles. The molecule has 34 heavy (non-hydrogen) atoms. The first-order valence-corrected chi connectivity index (χ1v) is 11.3. The number of ether oxygens (including phenoxy) is 2. The average Bonchev–Trinajstić information content (AvgIpc) is 3.08. The molecule has 2 amide bonds. The van der Waals surface area contributed by atoms with Gasteiger partial charge in [0.2, 0.25) is 0 Å². The summed E-state index contributed by atoms with van der Waals surface area (Å²) >= 11 is 0. The van der Waals surface area contributed by atoms with Crippen molar-refractivity contribution in [1.82, 2.24) is 9.88 Å². The first kappa shape index (κ1) is 23.0. The van der Waals surface area contributed by atoms with Crippen LogP contribution in [0.5, 0.6) is 11.5 Å². The molecule has 7 nitrogen and oxygen atoms in total. The van der Waals surface area contributed by atoms with Gasteiger partial charge in [0, 0.05) is 24.1 Å². The third kappa shape index (κ3) is 5.09. The summed E-state index contributed by atoms with van der Waals surface area (Å²) < 4.78 is 11.2. The van der Waals surface area contributed by atoms with E-state index in [0.717, 1.165) is 12.0 Å². The number of aromatic nitrogens is 1. The molecular weight excluding hydrogens is 430 g/mol. The Balaban J connectivity index is 1.69. The van der Waals surface area contributed by atoms with Crippen LogP contribution in [0.2, 0.25) is 0 Å².